The molecule has 32 heavy (non-hydrogen) atoms. The van der Waals surface area contributed by atoms with Gasteiger partial charge in [-0.05, 0) is 24.3 Å². The molecule has 1 amide bonds. The highest BCUT2D eigenvalue weighted by molar-refractivity contribution is 5.92. The van der Waals surface area contributed by atoms with E-state index in [9.17, 15) is 18.0 Å². The monoisotopic (exact) mass is 453 g/mol. The minimum atomic E-state index is -5.08. The number of hydrogen-bond donors (Lipinski definition) is 2. The van der Waals surface area contributed by atoms with Gasteiger partial charge in [-0.1, -0.05) is 0 Å². The van der Waals surface area contributed by atoms with E-state index < -0.39 is 12.1 Å². The molecule has 4 rings (SSSR count). The van der Waals surface area contributed by atoms with E-state index >= 15 is 0 Å². The van der Waals surface area contributed by atoms with E-state index in [1.54, 1.807) is 6.26 Å². The second-order valence-electron chi connectivity index (χ2n) is 7.10. The van der Waals surface area contributed by atoms with Crippen LogP contribution < -0.4 is 5.32 Å². The molecule has 0 saturated carbocycles. The Balaban J connectivity index is 0.000000360. The van der Waals surface area contributed by atoms with Gasteiger partial charge in [0, 0.05) is 26.3 Å². The predicted molar refractivity (Wildman–Crippen MR) is 105 cm³/mol. The number of nitrogens with one attached hydrogen (secondary N) is 1. The minimum Gasteiger partial charge on any atom is -0.475 e. The van der Waals surface area contributed by atoms with E-state index in [1.807, 2.05) is 48.3 Å². The van der Waals surface area contributed by atoms with Crippen LogP contribution in [0.15, 0.2) is 47.3 Å². The largest absolute Gasteiger partial charge is 0.490 e. The summed E-state index contributed by atoms with van der Waals surface area (Å²) in [7, 11) is 1.86. The third-order valence-electron chi connectivity index (χ3n) is 4.83. The van der Waals surface area contributed by atoms with E-state index in [2.05, 4.69) is 19.8 Å². The van der Waals surface area contributed by atoms with Crippen molar-refractivity contribution in [2.75, 3.05) is 6.54 Å². The molecule has 0 radical (unpaired) electrons. The number of carbonyl (C=O) groups is 2. The number of aryl methyl sites for hydroxylation is 1. The first kappa shape index (κ1) is 23.1. The summed E-state index contributed by atoms with van der Waals surface area (Å²) in [4.78, 5) is 28.0. The van der Waals surface area contributed by atoms with E-state index in [0.717, 1.165) is 43.5 Å². The van der Waals surface area contributed by atoms with Crippen LogP contribution in [0.1, 0.15) is 27.8 Å². The number of alkyl halides is 3. The number of rotatable bonds is 5. The fourth-order valence-corrected chi connectivity index (χ4v) is 3.23. The van der Waals surface area contributed by atoms with Crippen molar-refractivity contribution in [3.05, 3.63) is 65.9 Å². The first-order chi connectivity index (χ1) is 15.1. The summed E-state index contributed by atoms with van der Waals surface area (Å²) in [5.41, 5.74) is 1.69. The number of halogens is 3. The zero-order valence-corrected chi connectivity index (χ0v) is 17.2. The van der Waals surface area contributed by atoms with Crippen molar-refractivity contribution >= 4 is 11.9 Å². The van der Waals surface area contributed by atoms with E-state index in [-0.39, 0.29) is 5.91 Å². The quantitative estimate of drug-likeness (QED) is 0.615. The number of hydrogen-bond acceptors (Lipinski definition) is 5. The first-order valence-electron chi connectivity index (χ1n) is 9.63. The highest BCUT2D eigenvalue weighted by atomic mass is 19.4. The Morgan fingerprint density at radius 2 is 2.00 bits per heavy atom. The Hall–Kier alpha value is -3.54. The summed E-state index contributed by atoms with van der Waals surface area (Å²) in [6, 6.07) is 7.58. The van der Waals surface area contributed by atoms with Crippen LogP contribution in [-0.2, 0) is 38.0 Å². The van der Waals surface area contributed by atoms with Crippen LogP contribution in [0.2, 0.25) is 0 Å². The maximum Gasteiger partial charge on any atom is 0.490 e. The highest BCUT2D eigenvalue weighted by Crippen LogP contribution is 2.17. The molecule has 4 heterocycles. The number of carbonyl (C=O) groups excluding carboxylic acids is 1. The molecule has 9 nitrogen and oxygen atoms in total. The molecule has 0 aromatic carbocycles. The van der Waals surface area contributed by atoms with Crippen LogP contribution in [0.25, 0.3) is 0 Å². The van der Waals surface area contributed by atoms with Gasteiger partial charge in [-0.3, -0.25) is 9.69 Å². The number of amides is 1. The lowest BCUT2D eigenvalue weighted by molar-refractivity contribution is -0.192. The van der Waals surface area contributed by atoms with Gasteiger partial charge in [0.2, 0.25) is 0 Å². The molecule has 0 spiro atoms. The number of aromatic nitrogens is 3. The molecule has 12 heteroatoms. The molecule has 0 aliphatic carbocycles. The number of carboxylic acids is 1. The Kier molecular flexibility index (Phi) is 7.03. The Morgan fingerprint density at radius 3 is 2.59 bits per heavy atom. The fourth-order valence-electron chi connectivity index (χ4n) is 3.23. The molecule has 0 unspecified atom stereocenters. The van der Waals surface area contributed by atoms with Crippen LogP contribution in [0.3, 0.4) is 0 Å². The van der Waals surface area contributed by atoms with Gasteiger partial charge in [0.15, 0.2) is 0 Å². The van der Waals surface area contributed by atoms with Gasteiger partial charge in [-0.2, -0.15) is 13.2 Å². The van der Waals surface area contributed by atoms with Gasteiger partial charge in [0.05, 0.1) is 37.8 Å². The van der Waals surface area contributed by atoms with Crippen molar-refractivity contribution in [1.29, 1.82) is 0 Å². The summed E-state index contributed by atoms with van der Waals surface area (Å²) in [6.45, 7) is 3.86. The van der Waals surface area contributed by atoms with Crippen LogP contribution in [-0.4, -0.2) is 48.7 Å². The zero-order valence-electron chi connectivity index (χ0n) is 17.2. The summed E-state index contributed by atoms with van der Waals surface area (Å²) in [6.07, 6.45) is 0.341. The smallest absolute Gasteiger partial charge is 0.475 e. The number of nitrogens with zero attached hydrogens (tertiary/aromatic N) is 4. The second-order valence-corrected chi connectivity index (χ2v) is 7.10. The van der Waals surface area contributed by atoms with Gasteiger partial charge >= 0.3 is 12.1 Å². The molecule has 1 aliphatic heterocycles. The highest BCUT2D eigenvalue weighted by Gasteiger charge is 2.38. The van der Waals surface area contributed by atoms with Crippen LogP contribution >= 0.6 is 0 Å². The van der Waals surface area contributed by atoms with Crippen molar-refractivity contribution in [2.24, 2.45) is 7.05 Å². The third-order valence-corrected chi connectivity index (χ3v) is 4.83. The Bertz CT molecular complexity index is 1060. The molecule has 1 aliphatic rings. The van der Waals surface area contributed by atoms with Crippen molar-refractivity contribution in [1.82, 2.24) is 24.3 Å². The standard InChI is InChI=1S/C18H21N5O2.C2HF3O2/c1-21-6-2-5-16(21)18(24)20-11-14-10-19-17-13-22(7-8-23(14)17)12-15-4-3-9-25-15;3-2(4,5)1(6)7/h2-6,9-10H,7-8,11-13H2,1H3,(H,20,24);(H,6,7). The lowest BCUT2D eigenvalue weighted by atomic mass is 10.3. The van der Waals surface area contributed by atoms with Gasteiger partial charge in [-0.15, -0.1) is 0 Å². The molecule has 0 bridgehead atoms. The van der Waals surface area contributed by atoms with Gasteiger partial charge < -0.3 is 24.0 Å². The first-order valence-corrected chi connectivity index (χ1v) is 9.63. The fraction of sp³-hybridized carbons (Fsp3) is 0.350. The van der Waals surface area contributed by atoms with Crippen molar-refractivity contribution in [3.8, 4) is 0 Å². The summed E-state index contributed by atoms with van der Waals surface area (Å²) >= 11 is 0. The molecule has 3 aromatic heterocycles. The average Bonchev–Trinajstić information content (AvgIpc) is 3.47. The summed E-state index contributed by atoms with van der Waals surface area (Å²) in [5, 5.41) is 10.1. The lowest BCUT2D eigenvalue weighted by Gasteiger charge is -2.27. The molecule has 172 valence electrons. The minimum absolute atomic E-state index is 0.0710. The van der Waals surface area contributed by atoms with Crippen molar-refractivity contribution in [3.63, 3.8) is 0 Å². The Morgan fingerprint density at radius 1 is 1.25 bits per heavy atom. The molecule has 0 fully saturated rings. The third kappa shape index (κ3) is 5.78. The molecule has 0 atom stereocenters. The topological polar surface area (TPSA) is 106 Å². The maximum absolute atomic E-state index is 12.2. The number of fused-ring (bicyclic) bond motifs is 1. The van der Waals surface area contributed by atoms with E-state index in [0.29, 0.717) is 12.2 Å². The Labute approximate surface area is 181 Å². The molecule has 0 saturated heterocycles. The maximum atomic E-state index is 12.2. The van der Waals surface area contributed by atoms with Crippen LogP contribution in [0, 0.1) is 0 Å². The normalized spacial score (nSPS) is 13.8. The zero-order chi connectivity index (χ0) is 23.3. The number of carboxylic acid groups (broad SMARTS) is 1. The second kappa shape index (κ2) is 9.73. The lowest BCUT2D eigenvalue weighted by Crippen LogP contribution is -2.34. The van der Waals surface area contributed by atoms with Crippen molar-refractivity contribution < 1.29 is 32.3 Å². The molecular formula is C20H22F3N5O4. The van der Waals surface area contributed by atoms with Gasteiger partial charge in [0.1, 0.15) is 17.3 Å². The van der Waals surface area contributed by atoms with Gasteiger partial charge in [-0.25, -0.2) is 9.78 Å². The molecule has 3 aromatic rings. The average molecular weight is 453 g/mol. The SMILES string of the molecule is Cn1cccc1C(=O)NCc1cnc2n1CCN(Cc1ccco1)C2.O=C(O)C(F)(F)F. The van der Waals surface area contributed by atoms with Crippen LogP contribution in [0.4, 0.5) is 13.2 Å². The summed E-state index contributed by atoms with van der Waals surface area (Å²) < 4.78 is 41.2. The number of furan rings is 1. The summed E-state index contributed by atoms with van der Waals surface area (Å²) in [5.74, 6) is -0.832. The molecular weight excluding hydrogens is 431 g/mol. The number of aliphatic carboxylic acids is 1. The predicted octanol–water partition coefficient (Wildman–Crippen LogP) is 2.39. The van der Waals surface area contributed by atoms with Gasteiger partial charge in [0.25, 0.3) is 5.91 Å². The molecule has 2 N–H and O–H groups in total. The van der Waals surface area contributed by atoms with Crippen molar-refractivity contribution in [2.45, 2.75) is 32.4 Å². The number of imidazole rings is 1. The van der Waals surface area contributed by atoms with Crippen LogP contribution in [0.5, 0.6) is 0 Å². The van der Waals surface area contributed by atoms with E-state index in [4.69, 9.17) is 14.3 Å². The van der Waals surface area contributed by atoms with E-state index in [1.165, 1.54) is 0 Å².